The number of pyridine rings is 1. The number of carbonyl (C=O) groups is 2. The number of hydrogen-bond donors (Lipinski definition) is 0. The van der Waals surface area contributed by atoms with E-state index >= 15 is 0 Å². The first kappa shape index (κ1) is 16.9. The van der Waals surface area contributed by atoms with Gasteiger partial charge in [-0.25, -0.2) is 0 Å². The van der Waals surface area contributed by atoms with Gasteiger partial charge in [-0.2, -0.15) is 0 Å². The van der Waals surface area contributed by atoms with Crippen LogP contribution in [0.15, 0.2) is 24.5 Å². The highest BCUT2D eigenvalue weighted by atomic mass is 16.5. The molecule has 0 saturated carbocycles. The van der Waals surface area contributed by atoms with E-state index < -0.39 is 0 Å². The quantitative estimate of drug-likeness (QED) is 0.843. The topological polar surface area (TPSA) is 62.7 Å². The average Bonchev–Trinajstić information content (AvgIpc) is 2.67. The molecule has 2 fully saturated rings. The van der Waals surface area contributed by atoms with Gasteiger partial charge in [-0.3, -0.25) is 14.6 Å². The third kappa shape index (κ3) is 3.59. The predicted octanol–water partition coefficient (Wildman–Crippen LogP) is 1.57. The van der Waals surface area contributed by atoms with Crippen molar-refractivity contribution in [1.82, 2.24) is 14.8 Å². The van der Waals surface area contributed by atoms with Crippen LogP contribution in [-0.2, 0) is 9.53 Å². The zero-order valence-corrected chi connectivity index (χ0v) is 14.2. The number of ether oxygens (including phenoxy) is 1. The van der Waals surface area contributed by atoms with E-state index in [0.717, 1.165) is 19.3 Å². The first-order valence-corrected chi connectivity index (χ1v) is 8.78. The Hall–Kier alpha value is -1.95. The van der Waals surface area contributed by atoms with Crippen LogP contribution in [0.3, 0.4) is 0 Å². The van der Waals surface area contributed by atoms with Crippen molar-refractivity contribution in [3.63, 3.8) is 0 Å². The third-order valence-electron chi connectivity index (χ3n) is 5.04. The van der Waals surface area contributed by atoms with Crippen molar-refractivity contribution in [2.75, 3.05) is 32.8 Å². The predicted molar refractivity (Wildman–Crippen MR) is 89.5 cm³/mol. The molecule has 0 spiro atoms. The van der Waals surface area contributed by atoms with E-state index in [1.807, 2.05) is 9.80 Å². The van der Waals surface area contributed by atoms with Crippen LogP contribution >= 0.6 is 0 Å². The molecule has 2 amide bonds. The lowest BCUT2D eigenvalue weighted by Crippen LogP contribution is -2.52. The second kappa shape index (κ2) is 7.75. The maximum atomic E-state index is 12.8. The molecule has 6 nitrogen and oxygen atoms in total. The molecule has 130 valence electrons. The SMILES string of the molecule is CC[C@H]1COCCN1C(=O)C1CCN(C(=O)c2ccncc2)CC1. The van der Waals surface area contributed by atoms with E-state index in [2.05, 4.69) is 11.9 Å². The maximum absolute atomic E-state index is 12.8. The van der Waals surface area contributed by atoms with Crippen molar-refractivity contribution in [2.45, 2.75) is 32.2 Å². The van der Waals surface area contributed by atoms with Gasteiger partial charge in [0.1, 0.15) is 0 Å². The summed E-state index contributed by atoms with van der Waals surface area (Å²) in [5.41, 5.74) is 0.661. The molecule has 0 radical (unpaired) electrons. The van der Waals surface area contributed by atoms with Crippen LogP contribution in [0.2, 0.25) is 0 Å². The van der Waals surface area contributed by atoms with Gasteiger partial charge in [0.25, 0.3) is 5.91 Å². The Bertz CT molecular complexity index is 570. The zero-order chi connectivity index (χ0) is 16.9. The van der Waals surface area contributed by atoms with Gasteiger partial charge in [0.15, 0.2) is 0 Å². The van der Waals surface area contributed by atoms with Gasteiger partial charge in [-0.1, -0.05) is 6.92 Å². The highest BCUT2D eigenvalue weighted by Gasteiger charge is 2.34. The van der Waals surface area contributed by atoms with E-state index in [4.69, 9.17) is 4.74 Å². The molecule has 0 N–H and O–H groups in total. The van der Waals surface area contributed by atoms with E-state index in [9.17, 15) is 9.59 Å². The minimum Gasteiger partial charge on any atom is -0.377 e. The fourth-order valence-electron chi connectivity index (χ4n) is 3.52. The molecule has 2 aliphatic heterocycles. The molecule has 0 aliphatic carbocycles. The van der Waals surface area contributed by atoms with Crippen molar-refractivity contribution in [3.05, 3.63) is 30.1 Å². The van der Waals surface area contributed by atoms with Gasteiger partial charge in [-0.15, -0.1) is 0 Å². The third-order valence-corrected chi connectivity index (χ3v) is 5.04. The number of rotatable bonds is 3. The van der Waals surface area contributed by atoms with Crippen LogP contribution in [0, 0.1) is 5.92 Å². The monoisotopic (exact) mass is 331 g/mol. The first-order valence-electron chi connectivity index (χ1n) is 8.78. The fraction of sp³-hybridized carbons (Fsp3) is 0.611. The molecule has 3 heterocycles. The highest BCUT2D eigenvalue weighted by molar-refractivity contribution is 5.94. The highest BCUT2D eigenvalue weighted by Crippen LogP contribution is 2.23. The Morgan fingerprint density at radius 1 is 1.21 bits per heavy atom. The summed E-state index contributed by atoms with van der Waals surface area (Å²) in [5.74, 6) is 0.293. The van der Waals surface area contributed by atoms with Gasteiger partial charge in [0, 0.05) is 43.5 Å². The van der Waals surface area contributed by atoms with Crippen molar-refractivity contribution in [1.29, 1.82) is 0 Å². The largest absolute Gasteiger partial charge is 0.377 e. The van der Waals surface area contributed by atoms with Crippen LogP contribution in [0.4, 0.5) is 0 Å². The summed E-state index contributed by atoms with van der Waals surface area (Å²) in [6, 6.07) is 3.67. The number of piperidine rings is 1. The van der Waals surface area contributed by atoms with Gasteiger partial charge in [0.2, 0.25) is 5.91 Å². The van der Waals surface area contributed by atoms with Crippen molar-refractivity contribution in [3.8, 4) is 0 Å². The lowest BCUT2D eigenvalue weighted by molar-refractivity contribution is -0.145. The lowest BCUT2D eigenvalue weighted by Gasteiger charge is -2.39. The van der Waals surface area contributed by atoms with Gasteiger partial charge >= 0.3 is 0 Å². The summed E-state index contributed by atoms with van der Waals surface area (Å²) in [7, 11) is 0. The Labute approximate surface area is 142 Å². The standard InChI is InChI=1S/C18H25N3O3/c1-2-16-13-24-12-11-21(16)18(23)15-5-9-20(10-6-15)17(22)14-3-7-19-8-4-14/h3-4,7-8,15-16H,2,5-6,9-13H2,1H3/t16-/m0/s1. The smallest absolute Gasteiger partial charge is 0.253 e. The van der Waals surface area contributed by atoms with Crippen LogP contribution in [0.25, 0.3) is 0 Å². The Morgan fingerprint density at radius 2 is 1.92 bits per heavy atom. The molecule has 6 heteroatoms. The number of carbonyl (C=O) groups excluding carboxylic acids is 2. The van der Waals surface area contributed by atoms with E-state index in [-0.39, 0.29) is 23.8 Å². The molecular formula is C18H25N3O3. The van der Waals surface area contributed by atoms with Gasteiger partial charge < -0.3 is 14.5 Å². The number of aromatic nitrogens is 1. The van der Waals surface area contributed by atoms with Gasteiger partial charge in [-0.05, 0) is 31.4 Å². The minimum atomic E-state index is 0.0265. The van der Waals surface area contributed by atoms with Crippen molar-refractivity contribution in [2.24, 2.45) is 5.92 Å². The second-order valence-corrected chi connectivity index (χ2v) is 6.47. The normalized spacial score (nSPS) is 22.5. The minimum absolute atomic E-state index is 0.0265. The summed E-state index contributed by atoms with van der Waals surface area (Å²) in [6.07, 6.45) is 5.66. The average molecular weight is 331 g/mol. The summed E-state index contributed by atoms with van der Waals surface area (Å²) in [4.78, 5) is 33.1. The van der Waals surface area contributed by atoms with Crippen molar-refractivity contribution >= 4 is 11.8 Å². The van der Waals surface area contributed by atoms with Crippen LogP contribution in [-0.4, -0.2) is 65.5 Å². The molecule has 24 heavy (non-hydrogen) atoms. The summed E-state index contributed by atoms with van der Waals surface area (Å²) in [6.45, 7) is 5.32. The zero-order valence-electron chi connectivity index (χ0n) is 14.2. The number of morpholine rings is 1. The Kier molecular flexibility index (Phi) is 5.45. The van der Waals surface area contributed by atoms with Crippen molar-refractivity contribution < 1.29 is 14.3 Å². The maximum Gasteiger partial charge on any atom is 0.253 e. The summed E-state index contributed by atoms with van der Waals surface area (Å²) >= 11 is 0. The molecule has 3 rings (SSSR count). The van der Waals surface area contributed by atoms with E-state index in [0.29, 0.717) is 38.4 Å². The molecular weight excluding hydrogens is 306 g/mol. The molecule has 1 atom stereocenters. The molecule has 0 aromatic carbocycles. The Balaban J connectivity index is 1.56. The van der Waals surface area contributed by atoms with Crippen LogP contribution < -0.4 is 0 Å². The van der Waals surface area contributed by atoms with E-state index in [1.54, 1.807) is 24.5 Å². The fourth-order valence-corrected chi connectivity index (χ4v) is 3.52. The molecule has 1 aromatic rings. The van der Waals surface area contributed by atoms with E-state index in [1.165, 1.54) is 0 Å². The Morgan fingerprint density at radius 3 is 2.58 bits per heavy atom. The first-order chi connectivity index (χ1) is 11.7. The molecule has 0 bridgehead atoms. The number of nitrogens with zero attached hydrogens (tertiary/aromatic N) is 3. The van der Waals surface area contributed by atoms with Gasteiger partial charge in [0.05, 0.1) is 19.3 Å². The molecule has 1 aromatic heterocycles. The number of likely N-dealkylation sites (tertiary alicyclic amines) is 1. The molecule has 2 aliphatic rings. The molecule has 0 unspecified atom stereocenters. The summed E-state index contributed by atoms with van der Waals surface area (Å²) in [5, 5.41) is 0. The lowest BCUT2D eigenvalue weighted by atomic mass is 9.93. The summed E-state index contributed by atoms with van der Waals surface area (Å²) < 4.78 is 5.49. The van der Waals surface area contributed by atoms with Crippen LogP contribution in [0.5, 0.6) is 0 Å². The van der Waals surface area contributed by atoms with Crippen LogP contribution in [0.1, 0.15) is 36.5 Å². The number of amides is 2. The number of hydrogen-bond acceptors (Lipinski definition) is 4. The second-order valence-electron chi connectivity index (χ2n) is 6.47. The molecule has 2 saturated heterocycles.